The Morgan fingerprint density at radius 2 is 2.00 bits per heavy atom. The maximum atomic E-state index is 12.7. The van der Waals surface area contributed by atoms with E-state index in [0.29, 0.717) is 11.8 Å². The van der Waals surface area contributed by atoms with Crippen molar-refractivity contribution in [2.75, 3.05) is 5.75 Å². The van der Waals surface area contributed by atoms with Crippen molar-refractivity contribution in [2.24, 2.45) is 0 Å². The van der Waals surface area contributed by atoms with Crippen LogP contribution in [-0.2, 0) is 0 Å². The summed E-state index contributed by atoms with van der Waals surface area (Å²) < 4.78 is 47.1. The number of carbonyl (C=O) groups excluding carboxylic acids is 1. The van der Waals surface area contributed by atoms with Crippen LogP contribution in [0.2, 0.25) is 0 Å². The maximum absolute atomic E-state index is 12.7. The predicted octanol–water partition coefficient (Wildman–Crippen LogP) is 2.81. The summed E-state index contributed by atoms with van der Waals surface area (Å²) in [6, 6.07) is 0. The van der Waals surface area contributed by atoms with Crippen LogP contribution < -0.4 is 0 Å². The smallest absolute Gasteiger partial charge is 0.274 e. The number of carbonyl (C=O) groups is 1. The lowest BCUT2D eigenvalue weighted by molar-refractivity contribution is -0.186. The molecule has 0 spiro atoms. The molecule has 0 N–H and O–H groups in total. The quantitative estimate of drug-likeness (QED) is 0.567. The molecule has 0 aromatic heterocycles. The van der Waals surface area contributed by atoms with Crippen LogP contribution in [0.3, 0.4) is 0 Å². The van der Waals surface area contributed by atoms with Crippen molar-refractivity contribution in [2.45, 2.75) is 11.2 Å². The van der Waals surface area contributed by atoms with Gasteiger partial charge in [0.15, 0.2) is 0 Å². The van der Waals surface area contributed by atoms with Gasteiger partial charge < -0.3 is 0 Å². The molecule has 0 aliphatic carbocycles. The summed E-state index contributed by atoms with van der Waals surface area (Å²) in [7, 11) is 0. The highest BCUT2D eigenvalue weighted by Crippen LogP contribution is 2.52. The Bertz CT molecular complexity index is 191. The summed E-state index contributed by atoms with van der Waals surface area (Å²) in [5, 5.41) is -3.37. The number of hydrogen-bond acceptors (Lipinski definition) is 3. The molecule has 64 valence electrons. The number of alkyl halides is 4. The van der Waals surface area contributed by atoms with E-state index in [-0.39, 0.29) is 11.8 Å². The molecule has 0 saturated carbocycles. The number of thioether (sulfide) groups is 2. The molecule has 0 bridgehead atoms. The minimum absolute atomic E-state index is 0.293. The molecule has 0 amide bonds. The summed E-state index contributed by atoms with van der Waals surface area (Å²) in [6.45, 7) is 0. The van der Waals surface area contributed by atoms with Crippen LogP contribution in [0.4, 0.5) is 22.4 Å². The van der Waals surface area contributed by atoms with Crippen molar-refractivity contribution in [3.8, 4) is 0 Å². The van der Waals surface area contributed by atoms with Crippen molar-refractivity contribution >= 4 is 28.0 Å². The van der Waals surface area contributed by atoms with Crippen molar-refractivity contribution < 1.29 is 22.4 Å². The Morgan fingerprint density at radius 1 is 1.45 bits per heavy atom. The van der Waals surface area contributed by atoms with Crippen molar-refractivity contribution in [3.05, 3.63) is 0 Å². The second kappa shape index (κ2) is 2.55. The number of rotatable bonds is 0. The van der Waals surface area contributed by atoms with E-state index in [1.807, 2.05) is 0 Å². The Hall–Kier alpha value is 0.0900. The van der Waals surface area contributed by atoms with Crippen molar-refractivity contribution in [1.29, 1.82) is 0 Å². The van der Waals surface area contributed by atoms with Gasteiger partial charge in [-0.2, -0.15) is 13.2 Å². The highest BCUT2D eigenvalue weighted by molar-refractivity contribution is 8.41. The first-order valence-corrected chi connectivity index (χ1v) is 4.27. The van der Waals surface area contributed by atoms with E-state index < -0.39 is 21.4 Å². The molecule has 1 atom stereocenters. The molecule has 1 fully saturated rings. The Kier molecular flexibility index (Phi) is 2.13. The lowest BCUT2D eigenvalue weighted by atomic mass is 10.4. The molecule has 1 heterocycles. The Labute approximate surface area is 67.9 Å². The topological polar surface area (TPSA) is 17.1 Å². The fourth-order valence-electron chi connectivity index (χ4n) is 0.482. The molecule has 11 heavy (non-hydrogen) atoms. The van der Waals surface area contributed by atoms with E-state index in [1.54, 1.807) is 0 Å². The van der Waals surface area contributed by atoms with Gasteiger partial charge in [0.05, 0.1) is 5.75 Å². The average molecular weight is 206 g/mol. The maximum Gasteiger partial charge on any atom is 0.433 e. The predicted molar refractivity (Wildman–Crippen MR) is 35.3 cm³/mol. The largest absolute Gasteiger partial charge is 0.433 e. The monoisotopic (exact) mass is 206 g/mol. The fourth-order valence-corrected chi connectivity index (χ4v) is 2.55. The first-order valence-electron chi connectivity index (χ1n) is 2.46. The third-order valence-electron chi connectivity index (χ3n) is 1.04. The molecular formula is C4H2F4OS2. The van der Waals surface area contributed by atoms with E-state index >= 15 is 0 Å². The van der Waals surface area contributed by atoms with Crippen LogP contribution in [0, 0.1) is 0 Å². The van der Waals surface area contributed by atoms with Crippen LogP contribution in [0.15, 0.2) is 0 Å². The van der Waals surface area contributed by atoms with Crippen LogP contribution in [0.5, 0.6) is 0 Å². The van der Waals surface area contributed by atoms with Crippen LogP contribution >= 0.6 is 23.5 Å². The van der Waals surface area contributed by atoms with Crippen molar-refractivity contribution in [1.82, 2.24) is 0 Å². The molecule has 1 saturated heterocycles. The third kappa shape index (κ3) is 1.64. The molecular weight excluding hydrogens is 204 g/mol. The third-order valence-corrected chi connectivity index (χ3v) is 3.47. The first kappa shape index (κ1) is 9.18. The second-order valence-electron chi connectivity index (χ2n) is 1.87. The van der Waals surface area contributed by atoms with Gasteiger partial charge in [0.25, 0.3) is 5.00 Å². The summed E-state index contributed by atoms with van der Waals surface area (Å²) in [6.07, 6.45) is -4.95. The SMILES string of the molecule is O=C1SCC(F)(C(F)(F)F)S1. The number of hydrogen-bond donors (Lipinski definition) is 0. The molecule has 0 aromatic rings. The van der Waals surface area contributed by atoms with Gasteiger partial charge in [-0.25, -0.2) is 4.39 Å². The normalized spacial score (nSPS) is 32.9. The van der Waals surface area contributed by atoms with Crippen LogP contribution in [0.25, 0.3) is 0 Å². The molecule has 0 radical (unpaired) electrons. The fraction of sp³-hybridized carbons (Fsp3) is 0.750. The highest BCUT2D eigenvalue weighted by atomic mass is 32.2. The molecule has 1 rings (SSSR count). The van der Waals surface area contributed by atoms with E-state index in [2.05, 4.69) is 0 Å². The highest BCUT2D eigenvalue weighted by Gasteiger charge is 2.61. The second-order valence-corrected chi connectivity index (χ2v) is 4.30. The zero-order valence-corrected chi connectivity index (χ0v) is 6.58. The average Bonchev–Trinajstić information content (AvgIpc) is 2.10. The summed E-state index contributed by atoms with van der Waals surface area (Å²) in [4.78, 5) is 10.3. The number of halogens is 4. The van der Waals surface area contributed by atoms with Crippen LogP contribution in [-0.4, -0.2) is 21.4 Å². The van der Waals surface area contributed by atoms with Gasteiger partial charge in [-0.15, -0.1) is 0 Å². The molecule has 1 unspecified atom stereocenters. The van der Waals surface area contributed by atoms with E-state index in [1.165, 1.54) is 0 Å². The summed E-state index contributed by atoms with van der Waals surface area (Å²) >= 11 is 0.0673. The lowest BCUT2D eigenvalue weighted by Crippen LogP contribution is -2.37. The van der Waals surface area contributed by atoms with Gasteiger partial charge >= 0.3 is 6.18 Å². The minimum Gasteiger partial charge on any atom is -0.274 e. The summed E-state index contributed by atoms with van der Waals surface area (Å²) in [5.74, 6) is -0.833. The zero-order valence-electron chi connectivity index (χ0n) is 4.94. The van der Waals surface area contributed by atoms with Gasteiger partial charge in [-0.05, 0) is 11.8 Å². The van der Waals surface area contributed by atoms with Gasteiger partial charge in [-0.1, -0.05) is 11.8 Å². The Morgan fingerprint density at radius 3 is 2.18 bits per heavy atom. The minimum atomic E-state index is -4.95. The molecule has 0 aromatic carbocycles. The van der Waals surface area contributed by atoms with E-state index in [0.717, 1.165) is 0 Å². The van der Waals surface area contributed by atoms with Gasteiger partial charge in [0.2, 0.25) is 4.45 Å². The van der Waals surface area contributed by atoms with Gasteiger partial charge in [0, 0.05) is 0 Å². The standard InChI is InChI=1S/C4H2F4OS2/c5-3(4(6,7)8)1-10-2(9)11-3/h1H2. The molecule has 7 heteroatoms. The van der Waals surface area contributed by atoms with Crippen molar-refractivity contribution in [3.63, 3.8) is 0 Å². The van der Waals surface area contributed by atoms with Crippen LogP contribution in [0.1, 0.15) is 0 Å². The van der Waals surface area contributed by atoms with Gasteiger partial charge in [0.1, 0.15) is 0 Å². The summed E-state index contributed by atoms with van der Waals surface area (Å²) in [5.41, 5.74) is 0. The van der Waals surface area contributed by atoms with Gasteiger partial charge in [-0.3, -0.25) is 4.79 Å². The van der Waals surface area contributed by atoms with E-state index in [9.17, 15) is 22.4 Å². The zero-order chi connectivity index (χ0) is 8.70. The molecule has 1 nitrogen and oxygen atoms in total. The molecule has 1 aliphatic rings. The van der Waals surface area contributed by atoms with E-state index in [4.69, 9.17) is 0 Å². The Balaban J connectivity index is 2.77. The lowest BCUT2D eigenvalue weighted by Gasteiger charge is -2.18. The molecule has 1 aliphatic heterocycles. The first-order chi connectivity index (χ1) is 4.85.